The van der Waals surface area contributed by atoms with E-state index in [2.05, 4.69) is 5.32 Å². The molecule has 1 aliphatic heterocycles. The zero-order chi connectivity index (χ0) is 23.6. The molecule has 0 radical (unpaired) electrons. The van der Waals surface area contributed by atoms with Crippen molar-refractivity contribution in [2.24, 2.45) is 0 Å². The van der Waals surface area contributed by atoms with Gasteiger partial charge in [0.1, 0.15) is 17.5 Å². The molecule has 0 aromatic heterocycles. The molecule has 7 N–H and O–H groups in total. The SMILES string of the molecule is O=C(O)CC1NC(=O)NC1=O.O=C(O)c1ccc(O)cc1.O=C(O)c1cccc(O)c1. The van der Waals surface area contributed by atoms with Gasteiger partial charge in [0.05, 0.1) is 17.5 Å². The Balaban J connectivity index is 0.000000233. The van der Waals surface area contributed by atoms with Crippen LogP contribution in [0.15, 0.2) is 48.5 Å². The Labute approximate surface area is 174 Å². The molecule has 12 nitrogen and oxygen atoms in total. The van der Waals surface area contributed by atoms with E-state index >= 15 is 0 Å². The molecule has 1 unspecified atom stereocenters. The van der Waals surface area contributed by atoms with E-state index in [1.54, 1.807) is 0 Å². The summed E-state index contributed by atoms with van der Waals surface area (Å²) in [7, 11) is 0. The topological polar surface area (TPSA) is 211 Å². The number of carboxylic acids is 3. The molecule has 2 aromatic carbocycles. The summed E-state index contributed by atoms with van der Waals surface area (Å²) in [6.45, 7) is 0. The van der Waals surface area contributed by atoms with Crippen LogP contribution in [0.1, 0.15) is 27.1 Å². The average Bonchev–Trinajstić information content (AvgIpc) is 2.99. The van der Waals surface area contributed by atoms with Crippen LogP contribution in [-0.2, 0) is 9.59 Å². The lowest BCUT2D eigenvalue weighted by Gasteiger charge is -2.00. The maximum Gasteiger partial charge on any atom is 0.335 e. The van der Waals surface area contributed by atoms with E-state index in [4.69, 9.17) is 25.5 Å². The third-order valence-electron chi connectivity index (χ3n) is 3.44. The minimum atomic E-state index is -1.12. The van der Waals surface area contributed by atoms with Crippen LogP contribution in [0.5, 0.6) is 11.5 Å². The van der Waals surface area contributed by atoms with Crippen LogP contribution in [0.4, 0.5) is 4.79 Å². The van der Waals surface area contributed by atoms with Gasteiger partial charge >= 0.3 is 23.9 Å². The van der Waals surface area contributed by atoms with Crippen molar-refractivity contribution < 1.29 is 49.5 Å². The van der Waals surface area contributed by atoms with Crippen LogP contribution in [0, 0.1) is 0 Å². The predicted octanol–water partition coefficient (Wildman–Crippen LogP) is 0.850. The third-order valence-corrected chi connectivity index (χ3v) is 3.44. The Morgan fingerprint density at radius 2 is 1.39 bits per heavy atom. The van der Waals surface area contributed by atoms with E-state index < -0.39 is 35.9 Å². The van der Waals surface area contributed by atoms with Gasteiger partial charge in [-0.25, -0.2) is 14.4 Å². The van der Waals surface area contributed by atoms with Crippen molar-refractivity contribution in [1.29, 1.82) is 0 Å². The molecule has 3 amide bonds. The molecule has 0 bridgehead atoms. The molecule has 31 heavy (non-hydrogen) atoms. The van der Waals surface area contributed by atoms with Crippen molar-refractivity contribution >= 4 is 29.8 Å². The number of carbonyl (C=O) groups is 5. The standard InChI is InChI=1S/2C7H6O3.C5H6N2O4/c8-6-3-1-5(2-4-6)7(9)10;8-6-3-1-2-5(4-6)7(9)10;8-3(9)1-2-4(10)7-5(11)6-2/h2*1-4,8H,(H,9,10);2H,1H2,(H,8,9)(H2,6,7,10,11). The first-order valence-electron chi connectivity index (χ1n) is 8.37. The number of hydrogen-bond donors (Lipinski definition) is 7. The van der Waals surface area contributed by atoms with Gasteiger partial charge in [-0.15, -0.1) is 0 Å². The highest BCUT2D eigenvalue weighted by Gasteiger charge is 2.30. The molecule has 0 saturated carbocycles. The molecular formula is C19H18N2O10. The summed E-state index contributed by atoms with van der Waals surface area (Å²) in [5, 5.41) is 46.7. The lowest BCUT2D eigenvalue weighted by molar-refractivity contribution is -0.139. The van der Waals surface area contributed by atoms with E-state index in [9.17, 15) is 24.0 Å². The Hall–Kier alpha value is -4.61. The van der Waals surface area contributed by atoms with Crippen molar-refractivity contribution in [2.45, 2.75) is 12.5 Å². The van der Waals surface area contributed by atoms with Gasteiger partial charge in [-0.05, 0) is 42.5 Å². The lowest BCUT2D eigenvalue weighted by Crippen LogP contribution is -2.31. The zero-order valence-electron chi connectivity index (χ0n) is 15.7. The number of imide groups is 1. The first-order chi connectivity index (χ1) is 14.5. The summed E-state index contributed by atoms with van der Waals surface area (Å²) in [5.41, 5.74) is 0.276. The highest BCUT2D eigenvalue weighted by Crippen LogP contribution is 2.10. The number of benzene rings is 2. The van der Waals surface area contributed by atoms with Gasteiger partial charge in [-0.2, -0.15) is 0 Å². The van der Waals surface area contributed by atoms with E-state index in [-0.39, 0.29) is 29.0 Å². The second-order valence-electron chi connectivity index (χ2n) is 5.82. The van der Waals surface area contributed by atoms with E-state index in [0.29, 0.717) is 0 Å². The number of aromatic hydroxyl groups is 2. The van der Waals surface area contributed by atoms with Crippen LogP contribution < -0.4 is 10.6 Å². The summed E-state index contributed by atoms with van der Waals surface area (Å²) < 4.78 is 0. The Morgan fingerprint density at radius 3 is 1.77 bits per heavy atom. The second kappa shape index (κ2) is 11.4. The first-order valence-corrected chi connectivity index (χ1v) is 8.37. The number of amides is 3. The average molecular weight is 434 g/mol. The van der Waals surface area contributed by atoms with Gasteiger partial charge in [-0.3, -0.25) is 14.9 Å². The Bertz CT molecular complexity index is 972. The quantitative estimate of drug-likeness (QED) is 0.337. The van der Waals surface area contributed by atoms with Gasteiger partial charge in [0.15, 0.2) is 0 Å². The van der Waals surface area contributed by atoms with Crippen LogP contribution >= 0.6 is 0 Å². The summed E-state index contributed by atoms with van der Waals surface area (Å²) >= 11 is 0. The molecule has 1 fully saturated rings. The fraction of sp³-hybridized carbons (Fsp3) is 0.105. The second-order valence-corrected chi connectivity index (χ2v) is 5.82. The number of aromatic carboxylic acids is 2. The van der Waals surface area contributed by atoms with Crippen molar-refractivity contribution in [3.8, 4) is 11.5 Å². The molecule has 3 rings (SSSR count). The third kappa shape index (κ3) is 8.95. The first kappa shape index (κ1) is 24.4. The number of urea groups is 1. The highest BCUT2D eigenvalue weighted by molar-refractivity contribution is 6.05. The summed E-state index contributed by atoms with van der Waals surface area (Å²) in [6.07, 6.45) is -0.377. The monoisotopic (exact) mass is 434 g/mol. The maximum absolute atomic E-state index is 10.7. The molecule has 2 aromatic rings. The summed E-state index contributed by atoms with van der Waals surface area (Å²) in [4.78, 5) is 51.6. The number of hydrogen-bond acceptors (Lipinski definition) is 7. The Morgan fingerprint density at radius 1 is 0.806 bits per heavy atom. The fourth-order valence-electron chi connectivity index (χ4n) is 2.02. The molecule has 1 heterocycles. The van der Waals surface area contributed by atoms with Crippen LogP contribution in [0.25, 0.3) is 0 Å². The zero-order valence-corrected chi connectivity index (χ0v) is 15.7. The Kier molecular flexibility index (Phi) is 8.99. The van der Waals surface area contributed by atoms with Crippen molar-refractivity contribution in [3.05, 3.63) is 59.7 Å². The molecule has 1 saturated heterocycles. The number of carboxylic acid groups (broad SMARTS) is 3. The number of rotatable bonds is 4. The van der Waals surface area contributed by atoms with Gasteiger partial charge < -0.3 is 30.8 Å². The molecule has 164 valence electrons. The van der Waals surface area contributed by atoms with Crippen LogP contribution in [-0.4, -0.2) is 61.4 Å². The molecule has 0 aliphatic carbocycles. The maximum atomic E-state index is 10.7. The minimum absolute atomic E-state index is 0.0279. The van der Waals surface area contributed by atoms with Gasteiger partial charge in [-0.1, -0.05) is 6.07 Å². The molecule has 0 spiro atoms. The molecule has 1 atom stereocenters. The van der Waals surface area contributed by atoms with Crippen molar-refractivity contribution in [1.82, 2.24) is 10.6 Å². The van der Waals surface area contributed by atoms with Gasteiger partial charge in [0.2, 0.25) is 0 Å². The minimum Gasteiger partial charge on any atom is -0.508 e. The number of phenolic OH excluding ortho intramolecular Hbond substituents is 2. The number of phenols is 2. The number of aliphatic carboxylic acids is 1. The van der Waals surface area contributed by atoms with Crippen LogP contribution in [0.3, 0.4) is 0 Å². The highest BCUT2D eigenvalue weighted by atomic mass is 16.4. The smallest absolute Gasteiger partial charge is 0.335 e. The fourth-order valence-corrected chi connectivity index (χ4v) is 2.02. The molecule has 12 heteroatoms. The molecule has 1 aliphatic rings. The largest absolute Gasteiger partial charge is 0.508 e. The van der Waals surface area contributed by atoms with E-state index in [0.717, 1.165) is 0 Å². The normalized spacial score (nSPS) is 14.0. The summed E-state index contributed by atoms with van der Waals surface area (Å²) in [6, 6.07) is 9.33. The van der Waals surface area contributed by atoms with Gasteiger partial charge in [0, 0.05) is 0 Å². The summed E-state index contributed by atoms with van der Waals surface area (Å²) in [5.74, 6) is -3.68. The van der Waals surface area contributed by atoms with Crippen molar-refractivity contribution in [3.63, 3.8) is 0 Å². The lowest BCUT2D eigenvalue weighted by atomic mass is 10.2. The van der Waals surface area contributed by atoms with Gasteiger partial charge in [0.25, 0.3) is 5.91 Å². The van der Waals surface area contributed by atoms with E-state index in [1.165, 1.54) is 48.5 Å². The predicted molar refractivity (Wildman–Crippen MR) is 103 cm³/mol. The van der Waals surface area contributed by atoms with Crippen molar-refractivity contribution in [2.75, 3.05) is 0 Å². The number of carbonyl (C=O) groups excluding carboxylic acids is 2. The molecular weight excluding hydrogens is 416 g/mol. The van der Waals surface area contributed by atoms with E-state index in [1.807, 2.05) is 5.32 Å². The van der Waals surface area contributed by atoms with Crippen LogP contribution in [0.2, 0.25) is 0 Å². The number of nitrogens with one attached hydrogen (secondary N) is 2.